The Labute approximate surface area is 183 Å². The Morgan fingerprint density at radius 2 is 1.97 bits per heavy atom. The molecule has 2 heterocycles. The van der Waals surface area contributed by atoms with Crippen LogP contribution in [-0.4, -0.2) is 73.1 Å². The molecule has 2 aliphatic rings. The van der Waals surface area contributed by atoms with E-state index in [0.29, 0.717) is 13.2 Å². The lowest BCUT2D eigenvalue weighted by Gasteiger charge is -2.18. The first-order valence-corrected chi connectivity index (χ1v) is 11.0. The third kappa shape index (κ3) is 5.77. The average molecular weight is 432 g/mol. The maximum atomic E-state index is 9.27. The van der Waals surface area contributed by atoms with Crippen LogP contribution in [0, 0.1) is 0 Å². The third-order valence-electron chi connectivity index (χ3n) is 5.79. The summed E-state index contributed by atoms with van der Waals surface area (Å²) in [6.45, 7) is 4.60. The molecule has 1 fully saturated rings. The molecular formula is C23H33N3O5. The second kappa shape index (κ2) is 11.7. The van der Waals surface area contributed by atoms with Crippen molar-refractivity contribution >= 4 is 23.1 Å². The van der Waals surface area contributed by atoms with Gasteiger partial charge in [0.15, 0.2) is 11.5 Å². The van der Waals surface area contributed by atoms with Crippen LogP contribution in [0.3, 0.4) is 0 Å². The van der Waals surface area contributed by atoms with Crippen LogP contribution in [0.1, 0.15) is 36.9 Å². The zero-order valence-corrected chi connectivity index (χ0v) is 18.2. The molecule has 0 amide bonds. The van der Waals surface area contributed by atoms with Gasteiger partial charge in [0, 0.05) is 35.9 Å². The van der Waals surface area contributed by atoms with Gasteiger partial charge in [0.2, 0.25) is 0 Å². The molecule has 3 N–H and O–H groups in total. The van der Waals surface area contributed by atoms with Gasteiger partial charge < -0.3 is 29.9 Å². The van der Waals surface area contributed by atoms with Gasteiger partial charge >= 0.3 is 0 Å². The van der Waals surface area contributed by atoms with Crippen LogP contribution in [0.5, 0.6) is 11.5 Å². The van der Waals surface area contributed by atoms with Crippen LogP contribution in [0.25, 0.3) is 10.9 Å². The number of hydrogen-bond donors (Lipinski definition) is 3. The fraction of sp³-hybridized carbons (Fsp3) is 0.565. The van der Waals surface area contributed by atoms with E-state index in [1.165, 1.54) is 31.5 Å². The van der Waals surface area contributed by atoms with E-state index in [1.54, 1.807) is 7.11 Å². The number of aliphatic hydroxyl groups excluding tert-OH is 1. The fourth-order valence-electron chi connectivity index (χ4n) is 4.40. The molecule has 8 heteroatoms. The summed E-state index contributed by atoms with van der Waals surface area (Å²) in [5.41, 5.74) is 4.46. The highest BCUT2D eigenvalue weighted by atomic mass is 16.5. The van der Waals surface area contributed by atoms with Crippen molar-refractivity contribution in [2.75, 3.05) is 51.8 Å². The van der Waals surface area contributed by atoms with Crippen molar-refractivity contribution < 1.29 is 24.5 Å². The van der Waals surface area contributed by atoms with Crippen LogP contribution < -0.4 is 14.8 Å². The Bertz CT molecular complexity index is 868. The summed E-state index contributed by atoms with van der Waals surface area (Å²) in [4.78, 5) is 15.8. The quantitative estimate of drug-likeness (QED) is 0.411. The highest BCUT2D eigenvalue weighted by Crippen LogP contribution is 2.39. The average Bonchev–Trinajstić information content (AvgIpc) is 3.46. The Kier molecular flexibility index (Phi) is 8.73. The van der Waals surface area contributed by atoms with Crippen molar-refractivity contribution in [3.05, 3.63) is 23.4 Å². The first-order chi connectivity index (χ1) is 15.2. The number of carboxylic acid groups (broad SMARTS) is 1. The Morgan fingerprint density at radius 1 is 1.19 bits per heavy atom. The van der Waals surface area contributed by atoms with Gasteiger partial charge in [-0.2, -0.15) is 0 Å². The van der Waals surface area contributed by atoms with Gasteiger partial charge in [0.1, 0.15) is 0 Å². The highest BCUT2D eigenvalue weighted by Gasteiger charge is 2.21. The monoisotopic (exact) mass is 431 g/mol. The fourth-order valence-corrected chi connectivity index (χ4v) is 4.40. The number of benzene rings is 1. The predicted octanol–water partition coefficient (Wildman–Crippen LogP) is 2.70. The lowest BCUT2D eigenvalue weighted by atomic mass is 10.1. The topological polar surface area (TPSA) is 104 Å². The number of pyridine rings is 1. The molecular weight excluding hydrogens is 398 g/mol. The molecule has 31 heavy (non-hydrogen) atoms. The third-order valence-corrected chi connectivity index (χ3v) is 5.79. The summed E-state index contributed by atoms with van der Waals surface area (Å²) in [7, 11) is 1.68. The minimum Gasteiger partial charge on any atom is -0.493 e. The molecule has 0 unspecified atom stereocenters. The van der Waals surface area contributed by atoms with Gasteiger partial charge in [-0.15, -0.1) is 0 Å². The smallest absolute Gasteiger partial charge is 0.290 e. The standard InChI is InChI=1S/C22H31N3O3.CH2O2/c1-27-20-14-17-19(15-21(20)28-13-5-11-25-9-2-3-10-25)24-18-7-4-6-16(18)22(17)23-8-12-26;2-1-3/h14-15,26H,2-13H2,1H3,(H,23,24);1H,(H,2,3). The molecule has 1 aromatic heterocycles. The molecule has 0 spiro atoms. The number of nitrogens with zero attached hydrogens (tertiary/aromatic N) is 2. The number of likely N-dealkylation sites (tertiary alicyclic amines) is 1. The van der Waals surface area contributed by atoms with Crippen molar-refractivity contribution in [2.24, 2.45) is 0 Å². The van der Waals surface area contributed by atoms with Crippen LogP contribution >= 0.6 is 0 Å². The van der Waals surface area contributed by atoms with E-state index in [1.807, 2.05) is 12.1 Å². The number of ether oxygens (including phenoxy) is 2. The normalized spacial score (nSPS) is 15.3. The molecule has 8 nitrogen and oxygen atoms in total. The minimum atomic E-state index is -0.250. The maximum absolute atomic E-state index is 9.27. The number of rotatable bonds is 9. The molecule has 0 radical (unpaired) electrons. The maximum Gasteiger partial charge on any atom is 0.290 e. The number of fused-ring (bicyclic) bond motifs is 2. The summed E-state index contributed by atoms with van der Waals surface area (Å²) in [5, 5.41) is 20.6. The number of aliphatic hydroxyl groups is 1. The number of carbonyl (C=O) groups is 1. The molecule has 170 valence electrons. The first kappa shape index (κ1) is 23.1. The molecule has 0 saturated carbocycles. The van der Waals surface area contributed by atoms with E-state index < -0.39 is 0 Å². The largest absolute Gasteiger partial charge is 0.493 e. The van der Waals surface area contributed by atoms with Gasteiger partial charge in [-0.05, 0) is 63.2 Å². The van der Waals surface area contributed by atoms with E-state index in [4.69, 9.17) is 24.4 Å². The van der Waals surface area contributed by atoms with Gasteiger partial charge in [0.25, 0.3) is 6.47 Å². The lowest BCUT2D eigenvalue weighted by Crippen LogP contribution is -2.21. The number of anilines is 1. The highest BCUT2D eigenvalue weighted by molar-refractivity contribution is 5.96. The zero-order valence-electron chi connectivity index (χ0n) is 18.2. The van der Waals surface area contributed by atoms with Crippen molar-refractivity contribution in [3.63, 3.8) is 0 Å². The number of aryl methyl sites for hydroxylation is 1. The summed E-state index contributed by atoms with van der Waals surface area (Å²) < 4.78 is 11.7. The Morgan fingerprint density at radius 3 is 2.68 bits per heavy atom. The SMILES string of the molecule is COc1cc2c(NCCO)c3c(nc2cc1OCCCN1CCCC1)CCC3.O=CO. The van der Waals surface area contributed by atoms with Crippen molar-refractivity contribution in [2.45, 2.75) is 38.5 Å². The number of aromatic nitrogens is 1. The summed E-state index contributed by atoms with van der Waals surface area (Å²) >= 11 is 0. The van der Waals surface area contributed by atoms with Crippen LogP contribution in [0.15, 0.2) is 12.1 Å². The zero-order chi connectivity index (χ0) is 22.1. The lowest BCUT2D eigenvalue weighted by molar-refractivity contribution is -0.122. The van der Waals surface area contributed by atoms with Crippen molar-refractivity contribution in [3.8, 4) is 11.5 Å². The van der Waals surface area contributed by atoms with E-state index in [9.17, 15) is 5.11 Å². The molecule has 0 bridgehead atoms. The van der Waals surface area contributed by atoms with E-state index in [2.05, 4.69) is 10.2 Å². The number of nitrogens with one attached hydrogen (secondary N) is 1. The first-order valence-electron chi connectivity index (χ1n) is 11.0. The van der Waals surface area contributed by atoms with E-state index >= 15 is 0 Å². The van der Waals surface area contributed by atoms with Gasteiger partial charge in [-0.1, -0.05) is 0 Å². The molecule has 1 aliphatic carbocycles. The molecule has 0 atom stereocenters. The Balaban J connectivity index is 0.000000858. The van der Waals surface area contributed by atoms with E-state index in [-0.39, 0.29) is 13.1 Å². The van der Waals surface area contributed by atoms with Crippen LogP contribution in [0.2, 0.25) is 0 Å². The summed E-state index contributed by atoms with van der Waals surface area (Å²) in [6, 6.07) is 4.03. The van der Waals surface area contributed by atoms with Gasteiger partial charge in [0.05, 0.1) is 25.8 Å². The molecule has 1 aromatic carbocycles. The van der Waals surface area contributed by atoms with Crippen LogP contribution in [0.4, 0.5) is 5.69 Å². The Hall–Kier alpha value is -2.58. The minimum absolute atomic E-state index is 0.105. The van der Waals surface area contributed by atoms with Gasteiger partial charge in [-0.25, -0.2) is 0 Å². The van der Waals surface area contributed by atoms with Crippen molar-refractivity contribution in [1.82, 2.24) is 9.88 Å². The number of hydrogen-bond acceptors (Lipinski definition) is 7. The van der Waals surface area contributed by atoms with Crippen LogP contribution in [-0.2, 0) is 17.6 Å². The number of methoxy groups -OCH3 is 1. The van der Waals surface area contributed by atoms with Crippen molar-refractivity contribution in [1.29, 1.82) is 0 Å². The molecule has 1 aliphatic heterocycles. The molecule has 1 saturated heterocycles. The predicted molar refractivity (Wildman–Crippen MR) is 120 cm³/mol. The summed E-state index contributed by atoms with van der Waals surface area (Å²) in [5.74, 6) is 1.50. The molecule has 2 aromatic rings. The second-order valence-electron chi connectivity index (χ2n) is 7.79. The summed E-state index contributed by atoms with van der Waals surface area (Å²) in [6.07, 6.45) is 6.83. The van der Waals surface area contributed by atoms with Gasteiger partial charge in [-0.3, -0.25) is 9.78 Å². The molecule has 4 rings (SSSR count). The van der Waals surface area contributed by atoms with E-state index in [0.717, 1.165) is 66.0 Å². The second-order valence-corrected chi connectivity index (χ2v) is 7.79.